The average molecular weight is 251 g/mol. The molecule has 1 aromatic rings. The molecule has 0 atom stereocenters. The Hall–Kier alpha value is -1.98. The lowest BCUT2D eigenvalue weighted by molar-refractivity contribution is 0.626. The van der Waals surface area contributed by atoms with E-state index in [0.29, 0.717) is 16.8 Å². The molecule has 1 rings (SSSR count). The van der Waals surface area contributed by atoms with Crippen molar-refractivity contribution in [2.45, 2.75) is 6.54 Å². The number of halogens is 1. The number of rotatable bonds is 5. The van der Waals surface area contributed by atoms with Gasteiger partial charge in [0.15, 0.2) is 0 Å². The molecule has 0 aliphatic heterocycles. The molecule has 0 bridgehead atoms. The van der Waals surface area contributed by atoms with Crippen LogP contribution in [0.4, 0.5) is 4.39 Å². The molecule has 0 saturated heterocycles. The van der Waals surface area contributed by atoms with Crippen molar-refractivity contribution >= 4 is 24.4 Å². The molecule has 0 radical (unpaired) electrons. The normalized spacial score (nSPS) is 10.8. The van der Waals surface area contributed by atoms with Gasteiger partial charge in [0.05, 0.1) is 6.54 Å². The SMILES string of the molecule is C=NS/C=C(\N)c1cc(F)ccc1CN=[N+]=[N-]. The van der Waals surface area contributed by atoms with Crippen molar-refractivity contribution in [2.24, 2.45) is 15.2 Å². The van der Waals surface area contributed by atoms with Crippen LogP contribution in [-0.4, -0.2) is 6.72 Å². The van der Waals surface area contributed by atoms with Gasteiger partial charge in [-0.15, -0.1) is 0 Å². The van der Waals surface area contributed by atoms with Gasteiger partial charge < -0.3 is 5.73 Å². The third-order valence-corrected chi connectivity index (χ3v) is 2.45. The first-order chi connectivity index (χ1) is 8.19. The van der Waals surface area contributed by atoms with Gasteiger partial charge in [-0.05, 0) is 29.9 Å². The Morgan fingerprint density at radius 3 is 3.06 bits per heavy atom. The molecule has 0 aliphatic rings. The van der Waals surface area contributed by atoms with Gasteiger partial charge in [-0.25, -0.2) is 8.79 Å². The van der Waals surface area contributed by atoms with Crippen LogP contribution in [0.3, 0.4) is 0 Å². The summed E-state index contributed by atoms with van der Waals surface area (Å²) in [7, 11) is 0. The van der Waals surface area contributed by atoms with Gasteiger partial charge in [-0.2, -0.15) is 0 Å². The van der Waals surface area contributed by atoms with E-state index < -0.39 is 5.82 Å². The van der Waals surface area contributed by atoms with Crippen LogP contribution in [0, 0.1) is 5.82 Å². The summed E-state index contributed by atoms with van der Waals surface area (Å²) in [6, 6.07) is 4.11. The second-order valence-electron chi connectivity index (χ2n) is 3.00. The fourth-order valence-corrected chi connectivity index (χ4v) is 1.54. The molecule has 88 valence electrons. The molecule has 0 amide bonds. The first kappa shape index (κ1) is 13.1. The maximum atomic E-state index is 13.1. The Kier molecular flexibility index (Phi) is 5.06. The zero-order valence-corrected chi connectivity index (χ0v) is 9.69. The molecule has 0 aliphatic carbocycles. The molecule has 0 aromatic heterocycles. The van der Waals surface area contributed by atoms with Gasteiger partial charge in [-0.3, -0.25) is 0 Å². The van der Waals surface area contributed by atoms with E-state index in [1.165, 1.54) is 18.2 Å². The molecule has 0 unspecified atom stereocenters. The van der Waals surface area contributed by atoms with E-state index in [2.05, 4.69) is 21.1 Å². The van der Waals surface area contributed by atoms with Gasteiger partial charge in [-0.1, -0.05) is 11.2 Å². The second kappa shape index (κ2) is 6.57. The quantitative estimate of drug-likeness (QED) is 0.286. The van der Waals surface area contributed by atoms with Crippen LogP contribution in [0.25, 0.3) is 16.1 Å². The summed E-state index contributed by atoms with van der Waals surface area (Å²) in [4.78, 5) is 2.65. The van der Waals surface area contributed by atoms with Crippen molar-refractivity contribution in [3.8, 4) is 0 Å². The van der Waals surface area contributed by atoms with Crippen LogP contribution in [0.2, 0.25) is 0 Å². The number of hydrogen-bond donors (Lipinski definition) is 1. The van der Waals surface area contributed by atoms with Gasteiger partial charge in [0.25, 0.3) is 0 Å². The van der Waals surface area contributed by atoms with E-state index in [0.717, 1.165) is 11.9 Å². The van der Waals surface area contributed by atoms with Gasteiger partial charge >= 0.3 is 0 Å². The molecule has 2 N–H and O–H groups in total. The molecular formula is C10H10FN5S. The van der Waals surface area contributed by atoms with Crippen molar-refractivity contribution in [1.82, 2.24) is 0 Å². The Balaban J connectivity index is 3.13. The predicted octanol–water partition coefficient (Wildman–Crippen LogP) is 3.24. The maximum Gasteiger partial charge on any atom is 0.123 e. The van der Waals surface area contributed by atoms with Gasteiger partial charge in [0.1, 0.15) is 5.82 Å². The number of nitrogens with two attached hydrogens (primary N) is 1. The summed E-state index contributed by atoms with van der Waals surface area (Å²) in [6.07, 6.45) is 0. The molecule has 5 nitrogen and oxygen atoms in total. The summed E-state index contributed by atoms with van der Waals surface area (Å²) < 4.78 is 16.7. The highest BCUT2D eigenvalue weighted by Gasteiger charge is 2.06. The van der Waals surface area contributed by atoms with Crippen LogP contribution in [0.5, 0.6) is 0 Å². The highest BCUT2D eigenvalue weighted by atomic mass is 32.2. The highest BCUT2D eigenvalue weighted by molar-refractivity contribution is 8.01. The molecule has 1 aromatic carbocycles. The topological polar surface area (TPSA) is 87.1 Å². The van der Waals surface area contributed by atoms with Gasteiger partial charge in [0, 0.05) is 33.5 Å². The van der Waals surface area contributed by atoms with Crippen LogP contribution in [-0.2, 0) is 6.54 Å². The van der Waals surface area contributed by atoms with E-state index >= 15 is 0 Å². The van der Waals surface area contributed by atoms with Crippen molar-refractivity contribution < 1.29 is 4.39 Å². The Labute approximate surface area is 102 Å². The lowest BCUT2D eigenvalue weighted by Gasteiger charge is -2.07. The zero-order chi connectivity index (χ0) is 12.7. The van der Waals surface area contributed by atoms with Crippen molar-refractivity contribution in [2.75, 3.05) is 0 Å². The summed E-state index contributed by atoms with van der Waals surface area (Å²) in [5, 5.41) is 4.97. The Morgan fingerprint density at radius 2 is 2.41 bits per heavy atom. The highest BCUT2D eigenvalue weighted by Crippen LogP contribution is 2.20. The first-order valence-corrected chi connectivity index (χ1v) is 5.40. The van der Waals surface area contributed by atoms with E-state index in [1.54, 1.807) is 5.41 Å². The lowest BCUT2D eigenvalue weighted by atomic mass is 10.1. The zero-order valence-electron chi connectivity index (χ0n) is 8.88. The van der Waals surface area contributed by atoms with Gasteiger partial charge in [0.2, 0.25) is 0 Å². The van der Waals surface area contributed by atoms with E-state index in [1.807, 2.05) is 0 Å². The molecular weight excluding hydrogens is 241 g/mol. The number of benzene rings is 1. The van der Waals surface area contributed by atoms with E-state index in [9.17, 15) is 4.39 Å². The van der Waals surface area contributed by atoms with Crippen LogP contribution in [0.15, 0.2) is 33.1 Å². The minimum Gasteiger partial charge on any atom is -0.398 e. The fraction of sp³-hybridized carbons (Fsp3) is 0.100. The largest absolute Gasteiger partial charge is 0.398 e. The minimum absolute atomic E-state index is 0.118. The van der Waals surface area contributed by atoms with Crippen LogP contribution >= 0.6 is 11.9 Å². The third kappa shape index (κ3) is 3.82. The third-order valence-electron chi connectivity index (χ3n) is 1.94. The molecule has 0 heterocycles. The monoisotopic (exact) mass is 251 g/mol. The summed E-state index contributed by atoms with van der Waals surface area (Å²) >= 11 is 1.05. The molecule has 0 saturated carbocycles. The molecule has 0 spiro atoms. The van der Waals surface area contributed by atoms with Crippen molar-refractivity contribution in [1.29, 1.82) is 0 Å². The van der Waals surface area contributed by atoms with Crippen molar-refractivity contribution in [3.05, 3.63) is 51.0 Å². The van der Waals surface area contributed by atoms with Crippen LogP contribution < -0.4 is 5.73 Å². The standard InChI is InChI=1S/C10H10FN5S/c1-14-17-6-10(12)9-4-8(11)3-2-7(9)5-15-16-13/h2-4,6H,1,5,12H2/b10-6-. The van der Waals surface area contributed by atoms with Crippen molar-refractivity contribution in [3.63, 3.8) is 0 Å². The van der Waals surface area contributed by atoms with E-state index in [-0.39, 0.29) is 6.54 Å². The van der Waals surface area contributed by atoms with Crippen LogP contribution in [0.1, 0.15) is 11.1 Å². The number of azide groups is 1. The smallest absolute Gasteiger partial charge is 0.123 e. The van der Waals surface area contributed by atoms with E-state index in [4.69, 9.17) is 11.3 Å². The maximum absolute atomic E-state index is 13.1. The lowest BCUT2D eigenvalue weighted by Crippen LogP contribution is -2.01. The number of hydrogen-bond acceptors (Lipinski definition) is 4. The first-order valence-electron chi connectivity index (χ1n) is 4.56. The summed E-state index contributed by atoms with van der Waals surface area (Å²) in [5.41, 5.74) is 15.5. The molecule has 17 heavy (non-hydrogen) atoms. The Morgan fingerprint density at radius 1 is 1.65 bits per heavy atom. The molecule has 0 fully saturated rings. The fourth-order valence-electron chi connectivity index (χ4n) is 1.22. The summed E-state index contributed by atoms with van der Waals surface area (Å²) in [5.74, 6) is -0.405. The average Bonchev–Trinajstić information content (AvgIpc) is 2.34. The predicted molar refractivity (Wildman–Crippen MR) is 68.6 cm³/mol. The Bertz CT molecular complexity index is 493. The number of nitrogens with zero attached hydrogens (tertiary/aromatic N) is 4. The summed E-state index contributed by atoms with van der Waals surface area (Å²) in [6.45, 7) is 3.41. The molecule has 7 heteroatoms. The minimum atomic E-state index is -0.405. The second-order valence-corrected chi connectivity index (χ2v) is 3.70.